The van der Waals surface area contributed by atoms with E-state index in [2.05, 4.69) is 5.32 Å². The van der Waals surface area contributed by atoms with Gasteiger partial charge < -0.3 is 10.1 Å². The topological polar surface area (TPSA) is 55.4 Å². The number of carbonyl (C=O) groups is 2. The number of rotatable bonds is 3. The van der Waals surface area contributed by atoms with Crippen LogP contribution in [0.5, 0.6) is 0 Å². The molecule has 1 aromatic rings. The SMILES string of the molecule is CC1=C(C(=O)OC2CCCCCCC2)C(c2ccc(Cl)cc2Cl)CC(=O)N1. The van der Waals surface area contributed by atoms with Gasteiger partial charge in [0.25, 0.3) is 0 Å². The van der Waals surface area contributed by atoms with E-state index in [9.17, 15) is 9.59 Å². The Balaban J connectivity index is 1.85. The second-order valence-electron chi connectivity index (χ2n) is 7.38. The number of amides is 1. The molecule has 4 nitrogen and oxygen atoms in total. The van der Waals surface area contributed by atoms with Crippen molar-refractivity contribution in [1.82, 2.24) is 5.32 Å². The van der Waals surface area contributed by atoms with Gasteiger partial charge in [0.05, 0.1) is 5.57 Å². The zero-order chi connectivity index (χ0) is 19.4. The van der Waals surface area contributed by atoms with E-state index in [0.717, 1.165) is 31.2 Å². The molecule has 6 heteroatoms. The lowest BCUT2D eigenvalue weighted by Gasteiger charge is -2.29. The summed E-state index contributed by atoms with van der Waals surface area (Å²) in [5, 5.41) is 3.74. The molecule has 1 unspecified atom stereocenters. The third kappa shape index (κ3) is 5.05. The molecule has 27 heavy (non-hydrogen) atoms. The summed E-state index contributed by atoms with van der Waals surface area (Å²) in [4.78, 5) is 25.2. The molecule has 0 saturated heterocycles. The molecular weight excluding hydrogens is 385 g/mol. The van der Waals surface area contributed by atoms with Crippen LogP contribution in [-0.4, -0.2) is 18.0 Å². The fourth-order valence-electron chi connectivity index (χ4n) is 3.97. The van der Waals surface area contributed by atoms with Crippen LogP contribution < -0.4 is 5.32 Å². The van der Waals surface area contributed by atoms with Crippen LogP contribution in [0, 0.1) is 0 Å². The number of ether oxygens (including phenoxy) is 1. The summed E-state index contributed by atoms with van der Waals surface area (Å²) in [5.74, 6) is -0.912. The van der Waals surface area contributed by atoms with Gasteiger partial charge in [-0.3, -0.25) is 4.79 Å². The zero-order valence-corrected chi connectivity index (χ0v) is 17.0. The molecule has 0 radical (unpaired) electrons. The number of nitrogens with one attached hydrogen (secondary N) is 1. The van der Waals surface area contributed by atoms with Crippen LogP contribution in [0.3, 0.4) is 0 Å². The number of benzene rings is 1. The Hall–Kier alpha value is -1.52. The van der Waals surface area contributed by atoms with Gasteiger partial charge in [-0.15, -0.1) is 0 Å². The predicted octanol–water partition coefficient (Wildman–Crippen LogP) is 5.53. The summed E-state index contributed by atoms with van der Waals surface area (Å²) in [6.07, 6.45) is 7.70. The van der Waals surface area contributed by atoms with Gasteiger partial charge in [-0.05, 0) is 50.3 Å². The molecule has 1 heterocycles. The first-order valence-corrected chi connectivity index (χ1v) is 10.4. The second kappa shape index (κ2) is 9.11. The molecule has 0 bridgehead atoms. The van der Waals surface area contributed by atoms with Gasteiger partial charge >= 0.3 is 5.97 Å². The van der Waals surface area contributed by atoms with Crippen LogP contribution in [0.4, 0.5) is 0 Å². The van der Waals surface area contributed by atoms with E-state index in [1.165, 1.54) is 19.3 Å². The number of carbonyl (C=O) groups excluding carboxylic acids is 2. The van der Waals surface area contributed by atoms with Crippen LogP contribution in [-0.2, 0) is 14.3 Å². The maximum absolute atomic E-state index is 13.0. The normalized spacial score (nSPS) is 22.0. The highest BCUT2D eigenvalue weighted by atomic mass is 35.5. The Bertz CT molecular complexity index is 752. The standard InChI is InChI=1S/C21H25Cl2NO3/c1-13-20(21(26)27-15-7-5-3-2-4-6-8-15)17(12-19(25)24-13)16-10-9-14(22)11-18(16)23/h9-11,15,17H,2-8,12H2,1H3,(H,24,25). The average Bonchev–Trinajstić information content (AvgIpc) is 2.56. The van der Waals surface area contributed by atoms with E-state index in [1.54, 1.807) is 25.1 Å². The first kappa shape index (κ1) is 20.2. The summed E-state index contributed by atoms with van der Waals surface area (Å²) >= 11 is 12.4. The van der Waals surface area contributed by atoms with Gasteiger partial charge in [0.2, 0.25) is 5.91 Å². The van der Waals surface area contributed by atoms with E-state index in [4.69, 9.17) is 27.9 Å². The third-order valence-electron chi connectivity index (χ3n) is 5.35. The Morgan fingerprint density at radius 3 is 2.44 bits per heavy atom. The van der Waals surface area contributed by atoms with Gasteiger partial charge in [0, 0.05) is 28.1 Å². The zero-order valence-electron chi connectivity index (χ0n) is 15.5. The minimum atomic E-state index is -0.426. The summed E-state index contributed by atoms with van der Waals surface area (Å²) in [5.41, 5.74) is 1.75. The van der Waals surface area contributed by atoms with E-state index in [1.807, 2.05) is 0 Å². The highest BCUT2D eigenvalue weighted by Gasteiger charge is 2.34. The molecule has 1 amide bonds. The van der Waals surface area contributed by atoms with Crippen molar-refractivity contribution in [1.29, 1.82) is 0 Å². The molecule has 3 rings (SSSR count). The molecule has 1 fully saturated rings. The predicted molar refractivity (Wildman–Crippen MR) is 107 cm³/mol. The second-order valence-corrected chi connectivity index (χ2v) is 8.23. The van der Waals surface area contributed by atoms with Crippen molar-refractivity contribution in [3.8, 4) is 0 Å². The van der Waals surface area contributed by atoms with Crippen LogP contribution >= 0.6 is 23.2 Å². The molecular formula is C21H25Cl2NO3. The van der Waals surface area contributed by atoms with Gasteiger partial charge in [0.1, 0.15) is 6.10 Å². The van der Waals surface area contributed by atoms with E-state index < -0.39 is 5.92 Å². The monoisotopic (exact) mass is 409 g/mol. The van der Waals surface area contributed by atoms with Gasteiger partial charge in [-0.2, -0.15) is 0 Å². The van der Waals surface area contributed by atoms with Gasteiger partial charge in [0.15, 0.2) is 0 Å². The smallest absolute Gasteiger partial charge is 0.336 e. The molecule has 1 aromatic carbocycles. The molecule has 146 valence electrons. The number of halogens is 2. The van der Waals surface area contributed by atoms with E-state index in [-0.39, 0.29) is 24.4 Å². The molecule has 1 atom stereocenters. The minimum Gasteiger partial charge on any atom is -0.459 e. The van der Waals surface area contributed by atoms with Gasteiger partial charge in [-0.1, -0.05) is 48.5 Å². The van der Waals surface area contributed by atoms with Crippen LogP contribution in [0.25, 0.3) is 0 Å². The minimum absolute atomic E-state index is 0.0583. The van der Waals surface area contributed by atoms with Crippen molar-refractivity contribution in [2.24, 2.45) is 0 Å². The van der Waals surface area contributed by atoms with Crippen molar-refractivity contribution >= 4 is 35.1 Å². The molecule has 0 aromatic heterocycles. The van der Waals surface area contributed by atoms with Crippen LogP contribution in [0.2, 0.25) is 10.0 Å². The van der Waals surface area contributed by atoms with Crippen LogP contribution in [0.1, 0.15) is 69.8 Å². The largest absolute Gasteiger partial charge is 0.459 e. The summed E-state index contributed by atoms with van der Waals surface area (Å²) in [7, 11) is 0. The number of hydrogen-bond acceptors (Lipinski definition) is 3. The van der Waals surface area contributed by atoms with Gasteiger partial charge in [-0.25, -0.2) is 4.79 Å². The van der Waals surface area contributed by atoms with Crippen LogP contribution in [0.15, 0.2) is 29.5 Å². The first-order valence-electron chi connectivity index (χ1n) is 9.62. The molecule has 1 aliphatic heterocycles. The Kier molecular flexibility index (Phi) is 6.83. The average molecular weight is 410 g/mol. The molecule has 1 aliphatic carbocycles. The van der Waals surface area contributed by atoms with Crippen molar-refractivity contribution in [3.63, 3.8) is 0 Å². The highest BCUT2D eigenvalue weighted by molar-refractivity contribution is 6.35. The first-order chi connectivity index (χ1) is 13.0. The van der Waals surface area contributed by atoms with Crippen molar-refractivity contribution in [3.05, 3.63) is 45.1 Å². The molecule has 1 N–H and O–H groups in total. The summed E-state index contributed by atoms with van der Waals surface area (Å²) in [6.45, 7) is 1.74. The lowest BCUT2D eigenvalue weighted by Crippen LogP contribution is -2.35. The maximum atomic E-state index is 13.0. The molecule has 2 aliphatic rings. The quantitative estimate of drug-likeness (QED) is 0.667. The fourth-order valence-corrected chi connectivity index (χ4v) is 4.51. The lowest BCUT2D eigenvalue weighted by molar-refractivity contribution is -0.145. The lowest BCUT2D eigenvalue weighted by atomic mass is 9.84. The van der Waals surface area contributed by atoms with Crippen molar-refractivity contribution in [2.45, 2.75) is 70.3 Å². The van der Waals surface area contributed by atoms with E-state index >= 15 is 0 Å². The summed E-state index contributed by atoms with van der Waals surface area (Å²) < 4.78 is 5.87. The molecule has 0 spiro atoms. The number of esters is 1. The Morgan fingerprint density at radius 2 is 1.78 bits per heavy atom. The molecule has 1 saturated carbocycles. The van der Waals surface area contributed by atoms with Crippen molar-refractivity contribution in [2.75, 3.05) is 0 Å². The summed E-state index contributed by atoms with van der Waals surface area (Å²) in [6, 6.07) is 5.14. The highest BCUT2D eigenvalue weighted by Crippen LogP contribution is 2.38. The third-order valence-corrected chi connectivity index (χ3v) is 5.92. The van der Waals surface area contributed by atoms with E-state index in [0.29, 0.717) is 21.3 Å². The Morgan fingerprint density at radius 1 is 1.11 bits per heavy atom. The number of hydrogen-bond donors (Lipinski definition) is 1. The number of allylic oxidation sites excluding steroid dienone is 1. The maximum Gasteiger partial charge on any atom is 0.336 e. The van der Waals surface area contributed by atoms with Crippen molar-refractivity contribution < 1.29 is 14.3 Å². The fraction of sp³-hybridized carbons (Fsp3) is 0.524. The Labute approximate surface area is 170 Å².